The van der Waals surface area contributed by atoms with Crippen LogP contribution in [0, 0.1) is 0 Å². The number of halogens is 1. The van der Waals surface area contributed by atoms with E-state index in [9.17, 15) is 4.79 Å². The van der Waals surface area contributed by atoms with Crippen LogP contribution in [0.1, 0.15) is 12.5 Å². The van der Waals surface area contributed by atoms with Gasteiger partial charge < -0.3 is 24.1 Å². The smallest absolute Gasteiger partial charge is 0.315 e. The highest BCUT2D eigenvalue weighted by atomic mass is 79.9. The molecule has 0 bridgehead atoms. The fourth-order valence-electron chi connectivity index (χ4n) is 1.82. The fraction of sp³-hybridized carbons (Fsp3) is 0.400. The van der Waals surface area contributed by atoms with Crippen molar-refractivity contribution in [3.63, 3.8) is 0 Å². The first-order chi connectivity index (χ1) is 11.5. The van der Waals surface area contributed by atoms with Crippen molar-refractivity contribution in [2.24, 2.45) is 0 Å². The Balaban J connectivity index is 2.13. The molecule has 0 fully saturated rings. The Morgan fingerprint density at radius 2 is 2.17 bits per heavy atom. The Bertz CT molecular complexity index is 676. The summed E-state index contributed by atoms with van der Waals surface area (Å²) in [4.78, 5) is 13.2. The van der Waals surface area contributed by atoms with Gasteiger partial charge >= 0.3 is 6.01 Å². The van der Waals surface area contributed by atoms with E-state index in [0.717, 1.165) is 5.56 Å². The van der Waals surface area contributed by atoms with E-state index < -0.39 is 0 Å². The van der Waals surface area contributed by atoms with Gasteiger partial charge in [0.1, 0.15) is 0 Å². The number of carbonyl (C=O) groups is 1. The van der Waals surface area contributed by atoms with Crippen LogP contribution in [-0.2, 0) is 11.3 Å². The van der Waals surface area contributed by atoms with E-state index in [1.807, 2.05) is 19.1 Å². The maximum Gasteiger partial charge on any atom is 0.315 e. The Morgan fingerprint density at radius 1 is 1.38 bits per heavy atom. The second-order valence-electron chi connectivity index (χ2n) is 5.01. The van der Waals surface area contributed by atoms with Crippen molar-refractivity contribution in [2.75, 3.05) is 32.6 Å². The largest absolute Gasteiger partial charge is 0.490 e. The van der Waals surface area contributed by atoms with Crippen LogP contribution in [0.2, 0.25) is 0 Å². The van der Waals surface area contributed by atoms with Crippen LogP contribution in [0.3, 0.4) is 0 Å². The van der Waals surface area contributed by atoms with Crippen molar-refractivity contribution < 1.29 is 18.7 Å². The van der Waals surface area contributed by atoms with Gasteiger partial charge in [-0.25, -0.2) is 0 Å². The van der Waals surface area contributed by atoms with E-state index in [1.165, 1.54) is 11.3 Å². The fourth-order valence-corrected chi connectivity index (χ4v) is 2.42. The van der Waals surface area contributed by atoms with E-state index >= 15 is 0 Å². The molecule has 0 saturated carbocycles. The molecule has 1 N–H and O–H groups in total. The predicted molar refractivity (Wildman–Crippen MR) is 91.1 cm³/mol. The SMILES string of the molecule is CCOc1cc(CNc2nnco2)cc(Br)c1OCC(=O)N(C)C. The van der Waals surface area contributed by atoms with Crippen LogP contribution in [0.25, 0.3) is 0 Å². The molecule has 1 aromatic carbocycles. The molecule has 0 aliphatic heterocycles. The summed E-state index contributed by atoms with van der Waals surface area (Å²) in [5, 5.41) is 10.4. The molecular weight excluding hydrogens is 380 g/mol. The molecule has 1 aromatic heterocycles. The number of hydrogen-bond acceptors (Lipinski definition) is 7. The summed E-state index contributed by atoms with van der Waals surface area (Å²) in [6, 6.07) is 4.05. The van der Waals surface area contributed by atoms with Crippen molar-refractivity contribution in [1.82, 2.24) is 15.1 Å². The minimum absolute atomic E-state index is 0.0642. The van der Waals surface area contributed by atoms with E-state index in [1.54, 1.807) is 14.1 Å². The van der Waals surface area contributed by atoms with Crippen molar-refractivity contribution in [2.45, 2.75) is 13.5 Å². The zero-order valence-electron chi connectivity index (χ0n) is 13.7. The molecule has 130 valence electrons. The lowest BCUT2D eigenvalue weighted by Crippen LogP contribution is -2.27. The molecule has 2 rings (SSSR count). The number of amides is 1. The molecule has 0 radical (unpaired) electrons. The van der Waals surface area contributed by atoms with Gasteiger partial charge in [0.25, 0.3) is 5.91 Å². The number of anilines is 1. The van der Waals surface area contributed by atoms with Crippen LogP contribution in [0.15, 0.2) is 27.4 Å². The van der Waals surface area contributed by atoms with Crippen LogP contribution in [0.5, 0.6) is 11.5 Å². The normalized spacial score (nSPS) is 10.3. The highest BCUT2D eigenvalue weighted by Gasteiger charge is 2.15. The molecule has 0 spiro atoms. The van der Waals surface area contributed by atoms with Crippen LogP contribution in [-0.4, -0.2) is 48.3 Å². The van der Waals surface area contributed by atoms with Gasteiger partial charge in [-0.05, 0) is 40.5 Å². The standard InChI is InChI=1S/C15H19BrN4O4/c1-4-22-12-6-10(7-17-15-19-18-9-24-15)5-11(16)14(12)23-8-13(21)20(2)3/h5-6,9H,4,7-8H2,1-3H3,(H,17,19). The van der Waals surface area contributed by atoms with E-state index in [0.29, 0.717) is 35.1 Å². The second-order valence-corrected chi connectivity index (χ2v) is 5.87. The monoisotopic (exact) mass is 398 g/mol. The Hall–Kier alpha value is -2.29. The van der Waals surface area contributed by atoms with Gasteiger partial charge in [-0.2, -0.15) is 0 Å². The number of aromatic nitrogens is 2. The highest BCUT2D eigenvalue weighted by Crippen LogP contribution is 2.37. The van der Waals surface area contributed by atoms with Gasteiger partial charge in [0, 0.05) is 20.6 Å². The zero-order valence-corrected chi connectivity index (χ0v) is 15.3. The molecule has 1 heterocycles. The Kier molecular flexibility index (Phi) is 6.42. The molecule has 1 amide bonds. The average molecular weight is 399 g/mol. The summed E-state index contributed by atoms with van der Waals surface area (Å²) in [7, 11) is 3.35. The lowest BCUT2D eigenvalue weighted by Gasteiger charge is -2.16. The van der Waals surface area contributed by atoms with E-state index in [2.05, 4.69) is 31.4 Å². The highest BCUT2D eigenvalue weighted by molar-refractivity contribution is 9.10. The quantitative estimate of drug-likeness (QED) is 0.729. The Labute approximate surface area is 148 Å². The average Bonchev–Trinajstić information content (AvgIpc) is 3.05. The molecule has 0 unspecified atom stereocenters. The minimum Gasteiger partial charge on any atom is -0.490 e. The predicted octanol–water partition coefficient (Wildman–Crippen LogP) is 2.31. The molecule has 0 aliphatic carbocycles. The van der Waals surface area contributed by atoms with Gasteiger partial charge in [-0.1, -0.05) is 5.10 Å². The first-order valence-corrected chi connectivity index (χ1v) is 8.08. The van der Waals surface area contributed by atoms with Crippen LogP contribution in [0.4, 0.5) is 6.01 Å². The Morgan fingerprint density at radius 3 is 2.79 bits per heavy atom. The maximum atomic E-state index is 11.7. The zero-order chi connectivity index (χ0) is 17.5. The van der Waals surface area contributed by atoms with Crippen molar-refractivity contribution in [1.29, 1.82) is 0 Å². The number of nitrogens with one attached hydrogen (secondary N) is 1. The van der Waals surface area contributed by atoms with Crippen molar-refractivity contribution in [3.05, 3.63) is 28.6 Å². The topological polar surface area (TPSA) is 89.7 Å². The van der Waals surface area contributed by atoms with Gasteiger partial charge in [-0.15, -0.1) is 5.10 Å². The molecule has 2 aromatic rings. The summed E-state index contributed by atoms with van der Waals surface area (Å²) < 4.78 is 17.0. The second kappa shape index (κ2) is 8.53. The summed E-state index contributed by atoms with van der Waals surface area (Å²) >= 11 is 3.46. The number of rotatable bonds is 8. The van der Waals surface area contributed by atoms with Crippen molar-refractivity contribution >= 4 is 27.9 Å². The minimum atomic E-state index is -0.133. The van der Waals surface area contributed by atoms with Crippen LogP contribution >= 0.6 is 15.9 Å². The first-order valence-electron chi connectivity index (χ1n) is 7.29. The molecular formula is C15H19BrN4O4. The van der Waals surface area contributed by atoms with Crippen molar-refractivity contribution in [3.8, 4) is 11.5 Å². The van der Waals surface area contributed by atoms with Gasteiger partial charge in [-0.3, -0.25) is 4.79 Å². The maximum absolute atomic E-state index is 11.7. The summed E-state index contributed by atoms with van der Waals surface area (Å²) in [6.07, 6.45) is 1.25. The van der Waals surface area contributed by atoms with Crippen LogP contribution < -0.4 is 14.8 Å². The third kappa shape index (κ3) is 4.85. The molecule has 0 aliphatic rings. The molecule has 9 heteroatoms. The number of nitrogens with zero attached hydrogens (tertiary/aromatic N) is 3. The van der Waals surface area contributed by atoms with Gasteiger partial charge in [0.15, 0.2) is 18.1 Å². The lowest BCUT2D eigenvalue weighted by atomic mass is 10.2. The number of likely N-dealkylation sites (N-methyl/N-ethyl adjacent to an activating group) is 1. The number of benzene rings is 1. The molecule has 8 nitrogen and oxygen atoms in total. The van der Waals surface area contributed by atoms with Gasteiger partial charge in [0.2, 0.25) is 6.39 Å². The van der Waals surface area contributed by atoms with E-state index in [-0.39, 0.29) is 12.5 Å². The summed E-state index contributed by atoms with van der Waals surface area (Å²) in [6.45, 7) is 2.76. The molecule has 0 saturated heterocycles. The number of ether oxygens (including phenoxy) is 2. The number of hydrogen-bond donors (Lipinski definition) is 1. The van der Waals surface area contributed by atoms with Gasteiger partial charge in [0.05, 0.1) is 11.1 Å². The summed E-state index contributed by atoms with van der Waals surface area (Å²) in [5.41, 5.74) is 0.926. The third-order valence-corrected chi connectivity index (χ3v) is 3.60. The third-order valence-electron chi connectivity index (χ3n) is 3.01. The number of carbonyl (C=O) groups excluding carboxylic acids is 1. The molecule has 0 atom stereocenters. The first kappa shape index (κ1) is 18.1. The van der Waals surface area contributed by atoms with E-state index in [4.69, 9.17) is 13.9 Å². The summed E-state index contributed by atoms with van der Waals surface area (Å²) in [5.74, 6) is 0.917. The lowest BCUT2D eigenvalue weighted by molar-refractivity contribution is -0.130. The molecule has 24 heavy (non-hydrogen) atoms.